The summed E-state index contributed by atoms with van der Waals surface area (Å²) in [6.45, 7) is 1.29. The van der Waals surface area contributed by atoms with Crippen LogP contribution in [-0.2, 0) is 22.3 Å². The molecule has 0 fully saturated rings. The molecule has 3 rings (SSSR count). The maximum absolute atomic E-state index is 13.0. The summed E-state index contributed by atoms with van der Waals surface area (Å²) in [4.78, 5) is 16.2. The lowest BCUT2D eigenvalue weighted by atomic mass is 10.2. The Hall–Kier alpha value is -3.03. The molecule has 8 heteroatoms. The number of aromatic nitrogens is 2. The molecule has 26 heavy (non-hydrogen) atoms. The molecule has 1 aromatic carbocycles. The topological polar surface area (TPSA) is 52.8 Å². The Bertz CT molecular complexity index is 921. The highest BCUT2D eigenvalue weighted by atomic mass is 19.4. The fourth-order valence-corrected chi connectivity index (χ4v) is 2.43. The van der Waals surface area contributed by atoms with Crippen molar-refractivity contribution in [1.82, 2.24) is 9.38 Å². The van der Waals surface area contributed by atoms with E-state index in [1.54, 1.807) is 35.0 Å². The number of carbonyl (C=O) groups excluding carboxylic acids is 1. The van der Waals surface area contributed by atoms with Gasteiger partial charge in [0.15, 0.2) is 6.10 Å². The molecule has 3 aromatic rings. The first-order chi connectivity index (χ1) is 12.4. The molecule has 1 atom stereocenters. The monoisotopic (exact) mass is 364 g/mol. The van der Waals surface area contributed by atoms with Crippen LogP contribution in [0, 0.1) is 0 Å². The molecule has 0 bridgehead atoms. The number of fused-ring (bicyclic) bond motifs is 1. The van der Waals surface area contributed by atoms with Gasteiger partial charge in [0.2, 0.25) is 0 Å². The second kappa shape index (κ2) is 7.07. The Labute approximate surface area is 147 Å². The highest BCUT2D eigenvalue weighted by molar-refractivity contribution is 5.74. The van der Waals surface area contributed by atoms with Crippen molar-refractivity contribution < 1.29 is 27.4 Å². The minimum absolute atomic E-state index is 0.0544. The molecule has 0 unspecified atom stereocenters. The molecule has 0 amide bonds. The summed E-state index contributed by atoms with van der Waals surface area (Å²) in [5.74, 6) is -1.18. The molecule has 0 saturated carbocycles. The lowest BCUT2D eigenvalue weighted by molar-refractivity contribution is -0.154. The van der Waals surface area contributed by atoms with Crippen molar-refractivity contribution in [2.24, 2.45) is 0 Å². The van der Waals surface area contributed by atoms with Crippen LogP contribution in [0.3, 0.4) is 0 Å². The fraction of sp³-hybridized carbons (Fsp3) is 0.222. The zero-order chi connectivity index (χ0) is 18.7. The third kappa shape index (κ3) is 3.79. The number of rotatable bonds is 5. The second-order valence-electron chi connectivity index (χ2n) is 5.53. The van der Waals surface area contributed by atoms with E-state index in [0.717, 1.165) is 6.07 Å². The minimum atomic E-state index is -4.57. The van der Waals surface area contributed by atoms with Crippen LogP contribution in [0.1, 0.15) is 18.2 Å². The van der Waals surface area contributed by atoms with Gasteiger partial charge < -0.3 is 13.9 Å². The van der Waals surface area contributed by atoms with Crippen molar-refractivity contribution in [3.63, 3.8) is 0 Å². The summed E-state index contributed by atoms with van der Waals surface area (Å²) in [6, 6.07) is 10.0. The number of carbonyl (C=O) groups is 1. The molecular weight excluding hydrogens is 349 g/mol. The van der Waals surface area contributed by atoms with E-state index in [1.807, 2.05) is 0 Å². The first-order valence-corrected chi connectivity index (χ1v) is 7.77. The summed E-state index contributed by atoms with van der Waals surface area (Å²) in [6.07, 6.45) is -2.43. The maximum Gasteiger partial charge on any atom is 0.419 e. The summed E-state index contributed by atoms with van der Waals surface area (Å²) in [5, 5.41) is 0. The van der Waals surface area contributed by atoms with Gasteiger partial charge in [-0.05, 0) is 31.2 Å². The van der Waals surface area contributed by atoms with Crippen molar-refractivity contribution >= 4 is 11.6 Å². The Balaban J connectivity index is 1.67. The van der Waals surface area contributed by atoms with Gasteiger partial charge in [-0.1, -0.05) is 18.2 Å². The van der Waals surface area contributed by atoms with Crippen LogP contribution in [0.5, 0.6) is 5.75 Å². The number of benzene rings is 1. The van der Waals surface area contributed by atoms with Gasteiger partial charge in [0.1, 0.15) is 18.0 Å². The van der Waals surface area contributed by atoms with Gasteiger partial charge in [-0.2, -0.15) is 13.2 Å². The van der Waals surface area contributed by atoms with Crippen LogP contribution in [0.4, 0.5) is 13.2 Å². The molecule has 0 spiro atoms. The Morgan fingerprint density at radius 3 is 2.73 bits per heavy atom. The maximum atomic E-state index is 13.0. The number of imidazole rings is 1. The Kier molecular flexibility index (Phi) is 4.83. The molecule has 0 N–H and O–H groups in total. The van der Waals surface area contributed by atoms with E-state index in [0.29, 0.717) is 11.3 Å². The molecule has 0 aliphatic carbocycles. The first kappa shape index (κ1) is 17.8. The van der Waals surface area contributed by atoms with E-state index in [-0.39, 0.29) is 6.61 Å². The smallest absolute Gasteiger partial charge is 0.419 e. The molecule has 0 saturated heterocycles. The number of ether oxygens (including phenoxy) is 2. The molecule has 136 valence electrons. The number of halogens is 3. The van der Waals surface area contributed by atoms with Gasteiger partial charge in [0.05, 0.1) is 11.3 Å². The number of pyridine rings is 1. The average Bonchev–Trinajstić information content (AvgIpc) is 3.08. The molecule has 0 radical (unpaired) electrons. The largest absolute Gasteiger partial charge is 0.478 e. The van der Waals surface area contributed by atoms with Crippen LogP contribution in [0.15, 0.2) is 54.9 Å². The number of para-hydroxylation sites is 1. The van der Waals surface area contributed by atoms with E-state index in [1.165, 1.54) is 25.1 Å². The van der Waals surface area contributed by atoms with Crippen LogP contribution in [0.25, 0.3) is 5.65 Å². The zero-order valence-corrected chi connectivity index (χ0v) is 13.7. The van der Waals surface area contributed by atoms with E-state index in [4.69, 9.17) is 9.47 Å². The third-order valence-corrected chi connectivity index (χ3v) is 3.70. The standard InChI is InChI=1S/C18H15F3N2O3/c1-12(26-15-7-3-2-6-14(15)18(19,20)21)17(24)25-11-13-5-4-8-16-22-9-10-23(13)16/h2-10,12H,11H2,1H3/t12-/m0/s1. The average molecular weight is 364 g/mol. The molecule has 5 nitrogen and oxygen atoms in total. The fourth-order valence-electron chi connectivity index (χ4n) is 2.43. The van der Waals surface area contributed by atoms with Gasteiger partial charge in [0, 0.05) is 12.4 Å². The van der Waals surface area contributed by atoms with E-state index < -0.39 is 29.6 Å². The molecular formula is C18H15F3N2O3. The number of nitrogens with zero attached hydrogens (tertiary/aromatic N) is 2. The van der Waals surface area contributed by atoms with E-state index in [2.05, 4.69) is 4.98 Å². The molecule has 2 heterocycles. The van der Waals surface area contributed by atoms with Gasteiger partial charge in [0.25, 0.3) is 0 Å². The summed E-state index contributed by atoms with van der Waals surface area (Å²) in [7, 11) is 0. The van der Waals surface area contributed by atoms with Crippen LogP contribution >= 0.6 is 0 Å². The molecule has 0 aliphatic heterocycles. The normalized spacial score (nSPS) is 12.8. The van der Waals surface area contributed by atoms with Crippen molar-refractivity contribution in [3.8, 4) is 5.75 Å². The number of hydrogen-bond acceptors (Lipinski definition) is 4. The number of alkyl halides is 3. The van der Waals surface area contributed by atoms with E-state index in [9.17, 15) is 18.0 Å². The van der Waals surface area contributed by atoms with Crippen molar-refractivity contribution in [2.75, 3.05) is 0 Å². The number of esters is 1. The molecule has 2 aromatic heterocycles. The summed E-state index contributed by atoms with van der Waals surface area (Å²) >= 11 is 0. The van der Waals surface area contributed by atoms with E-state index >= 15 is 0 Å². The van der Waals surface area contributed by atoms with Crippen LogP contribution < -0.4 is 4.74 Å². The lowest BCUT2D eigenvalue weighted by Gasteiger charge is -2.18. The third-order valence-electron chi connectivity index (χ3n) is 3.70. The van der Waals surface area contributed by atoms with Gasteiger partial charge >= 0.3 is 12.1 Å². The summed E-state index contributed by atoms with van der Waals surface area (Å²) < 4.78 is 51.0. The Morgan fingerprint density at radius 2 is 1.96 bits per heavy atom. The van der Waals surface area contributed by atoms with Crippen LogP contribution in [-0.4, -0.2) is 21.5 Å². The van der Waals surface area contributed by atoms with Crippen molar-refractivity contribution in [3.05, 3.63) is 66.1 Å². The van der Waals surface area contributed by atoms with Crippen LogP contribution in [0.2, 0.25) is 0 Å². The van der Waals surface area contributed by atoms with Crippen molar-refractivity contribution in [1.29, 1.82) is 0 Å². The highest BCUT2D eigenvalue weighted by Crippen LogP contribution is 2.36. The predicted octanol–water partition coefficient (Wildman–Crippen LogP) is 3.86. The van der Waals surface area contributed by atoms with Gasteiger partial charge in [-0.3, -0.25) is 0 Å². The predicted molar refractivity (Wildman–Crippen MR) is 86.5 cm³/mol. The Morgan fingerprint density at radius 1 is 1.19 bits per heavy atom. The highest BCUT2D eigenvalue weighted by Gasteiger charge is 2.35. The number of hydrogen-bond donors (Lipinski definition) is 0. The quantitative estimate of drug-likeness (QED) is 0.645. The first-order valence-electron chi connectivity index (χ1n) is 7.77. The lowest BCUT2D eigenvalue weighted by Crippen LogP contribution is -2.27. The SMILES string of the molecule is C[C@H](Oc1ccccc1C(F)(F)F)C(=O)OCc1cccc2nccn12. The van der Waals surface area contributed by atoms with Gasteiger partial charge in [-0.15, -0.1) is 0 Å². The summed E-state index contributed by atoms with van der Waals surface area (Å²) in [5.41, 5.74) is 0.432. The second-order valence-corrected chi connectivity index (χ2v) is 5.53. The zero-order valence-electron chi connectivity index (χ0n) is 13.7. The van der Waals surface area contributed by atoms with Crippen molar-refractivity contribution in [2.45, 2.75) is 25.8 Å². The molecule has 0 aliphatic rings. The van der Waals surface area contributed by atoms with Gasteiger partial charge in [-0.25, -0.2) is 9.78 Å². The minimum Gasteiger partial charge on any atom is -0.478 e.